The summed E-state index contributed by atoms with van der Waals surface area (Å²) in [5.41, 5.74) is 2.66. The average molecular weight is 311 g/mol. The molecule has 0 spiro atoms. The molecule has 0 unspecified atom stereocenters. The number of amides is 2. The molecule has 2 amide bonds. The van der Waals surface area contributed by atoms with Crippen molar-refractivity contribution >= 4 is 23.6 Å². The van der Waals surface area contributed by atoms with Crippen molar-refractivity contribution in [3.05, 3.63) is 59.5 Å². The van der Waals surface area contributed by atoms with Gasteiger partial charge in [0.05, 0.1) is 18.2 Å². The topological polar surface area (TPSA) is 55.4 Å². The Kier molecular flexibility index (Phi) is 3.73. The minimum absolute atomic E-state index is 0.354. The highest BCUT2D eigenvalue weighted by Gasteiger charge is 2.31. The van der Waals surface area contributed by atoms with E-state index in [2.05, 4.69) is 11.9 Å². The first-order valence-electron chi connectivity index (χ1n) is 6.60. The highest BCUT2D eigenvalue weighted by atomic mass is 32.2. The van der Waals surface area contributed by atoms with Gasteiger partial charge in [-0.3, -0.25) is 14.9 Å². The highest BCUT2D eigenvalue weighted by molar-refractivity contribution is 8.02. The summed E-state index contributed by atoms with van der Waals surface area (Å²) in [6, 6.07) is 11.1. The second-order valence-corrected chi connectivity index (χ2v) is 5.64. The molecule has 2 aromatic rings. The molecule has 2 aromatic carbocycles. The summed E-state index contributed by atoms with van der Waals surface area (Å²) in [5.74, 6) is 0.0441. The maximum absolute atomic E-state index is 12.1. The minimum atomic E-state index is -0.361. The van der Waals surface area contributed by atoms with Crippen LogP contribution in [0.4, 0.5) is 0 Å². The van der Waals surface area contributed by atoms with Gasteiger partial charge >= 0.3 is 0 Å². The zero-order chi connectivity index (χ0) is 15.7. The molecule has 1 aliphatic rings. The van der Waals surface area contributed by atoms with Crippen LogP contribution in [0.15, 0.2) is 53.3 Å². The fourth-order valence-corrected chi connectivity index (χ4v) is 3.23. The van der Waals surface area contributed by atoms with Crippen molar-refractivity contribution in [3.8, 4) is 16.9 Å². The van der Waals surface area contributed by atoms with E-state index in [0.29, 0.717) is 11.1 Å². The highest BCUT2D eigenvalue weighted by Crippen LogP contribution is 2.38. The lowest BCUT2D eigenvalue weighted by atomic mass is 10.00. The van der Waals surface area contributed by atoms with Crippen LogP contribution in [0.2, 0.25) is 0 Å². The Morgan fingerprint density at radius 2 is 1.73 bits per heavy atom. The van der Waals surface area contributed by atoms with Crippen molar-refractivity contribution < 1.29 is 14.3 Å². The molecular formula is C17H13NO3S. The van der Waals surface area contributed by atoms with Gasteiger partial charge in [0.15, 0.2) is 0 Å². The van der Waals surface area contributed by atoms with Crippen molar-refractivity contribution in [1.82, 2.24) is 5.32 Å². The Bertz CT molecular complexity index is 781. The maximum atomic E-state index is 12.1. The smallest absolute Gasteiger partial charge is 0.260 e. The molecule has 0 aliphatic carbocycles. The van der Waals surface area contributed by atoms with Gasteiger partial charge < -0.3 is 4.74 Å². The molecule has 3 rings (SSSR count). The van der Waals surface area contributed by atoms with Crippen LogP contribution in [-0.2, 0) is 0 Å². The molecule has 0 saturated heterocycles. The van der Waals surface area contributed by atoms with Gasteiger partial charge in [-0.25, -0.2) is 0 Å². The molecule has 1 N–H and O–H groups in total. The van der Waals surface area contributed by atoms with Crippen LogP contribution in [0.5, 0.6) is 5.75 Å². The van der Waals surface area contributed by atoms with Crippen LogP contribution in [0.3, 0.4) is 0 Å². The third-order valence-corrected chi connectivity index (χ3v) is 4.29. The number of methoxy groups -OCH3 is 1. The lowest BCUT2D eigenvalue weighted by Gasteiger charge is -2.11. The number of carbonyl (C=O) groups excluding carboxylic acids is 2. The second kappa shape index (κ2) is 5.69. The van der Waals surface area contributed by atoms with Gasteiger partial charge in [-0.1, -0.05) is 36.5 Å². The molecule has 0 aromatic heterocycles. The van der Waals surface area contributed by atoms with E-state index in [9.17, 15) is 9.59 Å². The van der Waals surface area contributed by atoms with Crippen LogP contribution in [0.1, 0.15) is 20.7 Å². The minimum Gasteiger partial charge on any atom is -0.497 e. The molecule has 4 nitrogen and oxygen atoms in total. The number of hydrogen-bond donors (Lipinski definition) is 1. The molecule has 0 saturated carbocycles. The largest absolute Gasteiger partial charge is 0.497 e. The van der Waals surface area contributed by atoms with Crippen molar-refractivity contribution in [2.45, 2.75) is 4.90 Å². The van der Waals surface area contributed by atoms with E-state index in [1.54, 1.807) is 18.6 Å². The first kappa shape index (κ1) is 14.4. The molecular weight excluding hydrogens is 298 g/mol. The monoisotopic (exact) mass is 311 g/mol. The molecule has 0 radical (unpaired) electrons. The summed E-state index contributed by atoms with van der Waals surface area (Å²) in [5, 5.41) is 3.98. The van der Waals surface area contributed by atoms with Crippen molar-refractivity contribution in [3.63, 3.8) is 0 Å². The summed E-state index contributed by atoms with van der Waals surface area (Å²) >= 11 is 1.34. The van der Waals surface area contributed by atoms with E-state index in [-0.39, 0.29) is 11.8 Å². The Balaban J connectivity index is 2.19. The van der Waals surface area contributed by atoms with E-state index in [0.717, 1.165) is 21.8 Å². The molecule has 1 aliphatic heterocycles. The normalized spacial score (nSPS) is 12.8. The third kappa shape index (κ3) is 2.29. The van der Waals surface area contributed by atoms with E-state index in [1.165, 1.54) is 11.8 Å². The molecule has 1 heterocycles. The number of nitrogens with one attached hydrogen (secondary N) is 1. The number of ether oxygens (including phenoxy) is 1. The van der Waals surface area contributed by atoms with Gasteiger partial charge in [0.25, 0.3) is 11.8 Å². The predicted octanol–water partition coefficient (Wildman–Crippen LogP) is 3.48. The fraction of sp³-hybridized carbons (Fsp3) is 0.0588. The van der Waals surface area contributed by atoms with Gasteiger partial charge in [0, 0.05) is 4.90 Å². The second-order valence-electron chi connectivity index (χ2n) is 4.66. The number of fused-ring (bicyclic) bond motifs is 1. The summed E-state index contributed by atoms with van der Waals surface area (Å²) < 4.78 is 5.16. The number of carbonyl (C=O) groups is 2. The molecule has 22 heavy (non-hydrogen) atoms. The van der Waals surface area contributed by atoms with Crippen LogP contribution in [-0.4, -0.2) is 18.9 Å². The summed E-state index contributed by atoms with van der Waals surface area (Å²) in [6.45, 7) is 3.71. The van der Waals surface area contributed by atoms with Crippen molar-refractivity contribution in [2.24, 2.45) is 0 Å². The van der Waals surface area contributed by atoms with Crippen molar-refractivity contribution in [1.29, 1.82) is 0 Å². The SMILES string of the molecule is C=CSc1c(-c2ccc(OC)cc2)ccc2c1C(=O)NC2=O. The van der Waals surface area contributed by atoms with Gasteiger partial charge in [-0.15, -0.1) is 0 Å². The molecule has 110 valence electrons. The summed E-state index contributed by atoms with van der Waals surface area (Å²) in [6.07, 6.45) is 0. The van der Waals surface area contributed by atoms with Crippen LogP contribution < -0.4 is 10.1 Å². The lowest BCUT2D eigenvalue weighted by Crippen LogP contribution is -2.20. The Morgan fingerprint density at radius 1 is 1.05 bits per heavy atom. The predicted molar refractivity (Wildman–Crippen MR) is 86.3 cm³/mol. The standard InChI is InChI=1S/C17H13NO3S/c1-3-22-15-12(10-4-6-11(21-2)7-5-10)8-9-13-14(15)17(20)18-16(13)19/h3-9H,1H2,2H3,(H,18,19,20). The van der Waals surface area contributed by atoms with Crippen LogP contribution >= 0.6 is 11.8 Å². The van der Waals surface area contributed by atoms with E-state index in [4.69, 9.17) is 4.74 Å². The summed E-state index contributed by atoms with van der Waals surface area (Å²) in [7, 11) is 1.61. The Morgan fingerprint density at radius 3 is 2.36 bits per heavy atom. The Hall–Kier alpha value is -2.53. The van der Waals surface area contributed by atoms with Gasteiger partial charge in [-0.05, 0) is 34.7 Å². The van der Waals surface area contributed by atoms with Crippen molar-refractivity contribution in [2.75, 3.05) is 7.11 Å². The van der Waals surface area contributed by atoms with E-state index < -0.39 is 0 Å². The summed E-state index contributed by atoms with van der Waals surface area (Å²) in [4.78, 5) is 24.6. The molecule has 0 atom stereocenters. The van der Waals surface area contributed by atoms with Gasteiger partial charge in [-0.2, -0.15) is 0 Å². The van der Waals surface area contributed by atoms with E-state index in [1.807, 2.05) is 30.3 Å². The fourth-order valence-electron chi connectivity index (χ4n) is 2.43. The number of hydrogen-bond acceptors (Lipinski definition) is 4. The third-order valence-electron chi connectivity index (χ3n) is 3.46. The quantitative estimate of drug-likeness (QED) is 0.694. The first-order chi connectivity index (χ1) is 10.7. The van der Waals surface area contributed by atoms with Gasteiger partial charge in [0.1, 0.15) is 5.75 Å². The van der Waals surface area contributed by atoms with Crippen LogP contribution in [0.25, 0.3) is 11.1 Å². The molecule has 0 fully saturated rings. The number of thioether (sulfide) groups is 1. The Labute approximate surface area is 132 Å². The van der Waals surface area contributed by atoms with E-state index >= 15 is 0 Å². The molecule has 5 heteroatoms. The zero-order valence-electron chi connectivity index (χ0n) is 11.9. The first-order valence-corrected chi connectivity index (χ1v) is 7.48. The van der Waals surface area contributed by atoms with Gasteiger partial charge in [0.2, 0.25) is 0 Å². The maximum Gasteiger partial charge on any atom is 0.260 e. The number of imide groups is 1. The number of rotatable bonds is 4. The average Bonchev–Trinajstić information content (AvgIpc) is 2.83. The zero-order valence-corrected chi connectivity index (χ0v) is 12.7. The van der Waals surface area contributed by atoms with Crippen LogP contribution in [0, 0.1) is 0 Å². The molecule has 0 bridgehead atoms. The number of benzene rings is 2. The lowest BCUT2D eigenvalue weighted by molar-refractivity contribution is 0.0879.